The first kappa shape index (κ1) is 17.2. The smallest absolute Gasteiger partial charge is 0.349 e. The standard InChI is InChI=1S/C21H12N4O3S/c26-18(23-21-25-24-19(29-21)13-7-9-22-10-8-13)16-11-15-14-4-2-1-3-12(14)5-6-17(15)28-20(16)27/h1-11H,(H,23,25,26). The average molecular weight is 400 g/mol. The molecular formula is C21H12N4O3S. The molecule has 1 N–H and O–H groups in total. The third-order valence-corrected chi connectivity index (χ3v) is 5.35. The molecule has 0 aliphatic carbocycles. The fourth-order valence-corrected chi connectivity index (χ4v) is 3.82. The number of carbonyl (C=O) groups excluding carboxylic acids is 1. The molecule has 7 nitrogen and oxygen atoms in total. The molecule has 0 saturated carbocycles. The third kappa shape index (κ3) is 3.15. The molecule has 8 heteroatoms. The summed E-state index contributed by atoms with van der Waals surface area (Å²) in [5, 5.41) is 14.2. The van der Waals surface area contributed by atoms with E-state index in [-0.39, 0.29) is 5.56 Å². The molecule has 0 saturated heterocycles. The van der Waals surface area contributed by atoms with Crippen LogP contribution in [-0.2, 0) is 0 Å². The molecule has 3 aromatic heterocycles. The molecule has 0 spiro atoms. The van der Waals surface area contributed by atoms with Gasteiger partial charge in [0, 0.05) is 23.3 Å². The SMILES string of the molecule is O=C(Nc1nnc(-c2ccncc2)s1)c1cc2c(ccc3ccccc32)oc1=O. The van der Waals surface area contributed by atoms with E-state index in [0.29, 0.717) is 21.1 Å². The lowest BCUT2D eigenvalue weighted by Crippen LogP contribution is -2.20. The van der Waals surface area contributed by atoms with Crippen LogP contribution in [0.25, 0.3) is 32.3 Å². The van der Waals surface area contributed by atoms with Crippen molar-refractivity contribution in [3.8, 4) is 10.6 Å². The first-order chi connectivity index (χ1) is 14.2. The van der Waals surface area contributed by atoms with Crippen LogP contribution in [0.3, 0.4) is 0 Å². The van der Waals surface area contributed by atoms with Crippen molar-refractivity contribution in [3.05, 3.63) is 83.0 Å². The Bertz CT molecular complexity index is 1430. The van der Waals surface area contributed by atoms with Crippen LogP contribution >= 0.6 is 11.3 Å². The zero-order valence-electron chi connectivity index (χ0n) is 14.8. The number of nitrogens with one attached hydrogen (secondary N) is 1. The van der Waals surface area contributed by atoms with Crippen molar-refractivity contribution in [3.63, 3.8) is 0 Å². The summed E-state index contributed by atoms with van der Waals surface area (Å²) in [7, 11) is 0. The monoisotopic (exact) mass is 400 g/mol. The molecule has 0 fully saturated rings. The number of rotatable bonds is 3. The molecule has 5 aromatic rings. The van der Waals surface area contributed by atoms with Crippen LogP contribution in [0.15, 0.2) is 76.2 Å². The summed E-state index contributed by atoms with van der Waals surface area (Å²) in [6.07, 6.45) is 3.30. The highest BCUT2D eigenvalue weighted by Crippen LogP contribution is 2.27. The number of amides is 1. The Labute approximate surface area is 167 Å². The first-order valence-electron chi connectivity index (χ1n) is 8.70. The lowest BCUT2D eigenvalue weighted by Gasteiger charge is -2.05. The fraction of sp³-hybridized carbons (Fsp3) is 0. The molecule has 5 rings (SSSR count). The van der Waals surface area contributed by atoms with Crippen LogP contribution < -0.4 is 10.9 Å². The van der Waals surface area contributed by atoms with Crippen molar-refractivity contribution in [2.45, 2.75) is 0 Å². The first-order valence-corrected chi connectivity index (χ1v) is 9.51. The number of pyridine rings is 1. The summed E-state index contributed by atoms with van der Waals surface area (Å²) < 4.78 is 5.38. The Hall–Kier alpha value is -3.91. The van der Waals surface area contributed by atoms with Gasteiger partial charge in [-0.3, -0.25) is 15.1 Å². The van der Waals surface area contributed by atoms with Crippen molar-refractivity contribution in [1.82, 2.24) is 15.2 Å². The van der Waals surface area contributed by atoms with E-state index >= 15 is 0 Å². The normalized spacial score (nSPS) is 11.0. The highest BCUT2D eigenvalue weighted by Gasteiger charge is 2.17. The van der Waals surface area contributed by atoms with Crippen molar-refractivity contribution in [1.29, 1.82) is 0 Å². The summed E-state index contributed by atoms with van der Waals surface area (Å²) in [5.74, 6) is -0.592. The topological polar surface area (TPSA) is 98.0 Å². The second kappa shape index (κ2) is 6.92. The number of carbonyl (C=O) groups is 1. The fourth-order valence-electron chi connectivity index (χ4n) is 3.08. The van der Waals surface area contributed by atoms with Gasteiger partial charge in [-0.25, -0.2) is 4.79 Å². The van der Waals surface area contributed by atoms with Gasteiger partial charge < -0.3 is 4.42 Å². The summed E-state index contributed by atoms with van der Waals surface area (Å²) >= 11 is 1.21. The lowest BCUT2D eigenvalue weighted by molar-refractivity contribution is 0.102. The molecule has 0 bridgehead atoms. The predicted octanol–water partition coefficient (Wildman–Crippen LogP) is 4.11. The van der Waals surface area contributed by atoms with E-state index in [2.05, 4.69) is 20.5 Å². The largest absolute Gasteiger partial charge is 0.422 e. The summed E-state index contributed by atoms with van der Waals surface area (Å²) in [4.78, 5) is 29.0. The Morgan fingerprint density at radius 1 is 0.966 bits per heavy atom. The van der Waals surface area contributed by atoms with E-state index in [1.54, 1.807) is 36.7 Å². The molecule has 140 valence electrons. The highest BCUT2D eigenvalue weighted by atomic mass is 32.1. The van der Waals surface area contributed by atoms with Gasteiger partial charge in [-0.2, -0.15) is 0 Å². The van der Waals surface area contributed by atoms with Crippen LogP contribution in [0, 0.1) is 0 Å². The Kier molecular flexibility index (Phi) is 4.10. The molecule has 0 unspecified atom stereocenters. The van der Waals surface area contributed by atoms with E-state index < -0.39 is 11.5 Å². The van der Waals surface area contributed by atoms with Crippen LogP contribution in [0.5, 0.6) is 0 Å². The highest BCUT2D eigenvalue weighted by molar-refractivity contribution is 7.18. The lowest BCUT2D eigenvalue weighted by atomic mass is 10.0. The van der Waals surface area contributed by atoms with Gasteiger partial charge in [0.25, 0.3) is 5.91 Å². The van der Waals surface area contributed by atoms with E-state index in [0.717, 1.165) is 16.3 Å². The van der Waals surface area contributed by atoms with E-state index in [4.69, 9.17) is 4.42 Å². The third-order valence-electron chi connectivity index (χ3n) is 4.46. The number of anilines is 1. The minimum absolute atomic E-state index is 0.0884. The molecule has 29 heavy (non-hydrogen) atoms. The van der Waals surface area contributed by atoms with Gasteiger partial charge in [-0.1, -0.05) is 41.7 Å². The van der Waals surface area contributed by atoms with E-state index in [1.165, 1.54) is 11.3 Å². The number of nitrogens with zero attached hydrogens (tertiary/aromatic N) is 3. The van der Waals surface area contributed by atoms with E-state index in [1.807, 2.05) is 30.3 Å². The van der Waals surface area contributed by atoms with Gasteiger partial charge in [0.1, 0.15) is 16.2 Å². The van der Waals surface area contributed by atoms with Crippen LogP contribution in [0.1, 0.15) is 10.4 Å². The second-order valence-corrected chi connectivity index (χ2v) is 7.23. The van der Waals surface area contributed by atoms with Crippen molar-refractivity contribution >= 4 is 44.1 Å². The molecule has 2 aromatic carbocycles. The molecule has 0 aliphatic rings. The van der Waals surface area contributed by atoms with Crippen LogP contribution in [-0.4, -0.2) is 21.1 Å². The van der Waals surface area contributed by atoms with Gasteiger partial charge in [0.05, 0.1) is 0 Å². The Balaban J connectivity index is 1.51. The zero-order valence-corrected chi connectivity index (χ0v) is 15.6. The van der Waals surface area contributed by atoms with Gasteiger partial charge in [0.2, 0.25) is 5.13 Å². The Morgan fingerprint density at radius 3 is 2.66 bits per heavy atom. The summed E-state index contributed by atoms with van der Waals surface area (Å²) in [5.41, 5.74) is 0.481. The maximum Gasteiger partial charge on any atom is 0.349 e. The van der Waals surface area contributed by atoms with Gasteiger partial charge in [-0.15, -0.1) is 10.2 Å². The molecule has 0 radical (unpaired) electrons. The molecule has 3 heterocycles. The molecular weight excluding hydrogens is 388 g/mol. The number of benzene rings is 2. The maximum absolute atomic E-state index is 12.7. The summed E-state index contributed by atoms with van der Waals surface area (Å²) in [6.45, 7) is 0. The van der Waals surface area contributed by atoms with Gasteiger partial charge in [-0.05, 0) is 35.0 Å². The Morgan fingerprint density at radius 2 is 1.79 bits per heavy atom. The predicted molar refractivity (Wildman–Crippen MR) is 111 cm³/mol. The van der Waals surface area contributed by atoms with Gasteiger partial charge in [0.15, 0.2) is 0 Å². The number of fused-ring (bicyclic) bond motifs is 3. The number of hydrogen-bond donors (Lipinski definition) is 1. The summed E-state index contributed by atoms with van der Waals surface area (Å²) in [6, 6.07) is 16.5. The average Bonchev–Trinajstić information content (AvgIpc) is 3.22. The van der Waals surface area contributed by atoms with Crippen molar-refractivity contribution in [2.24, 2.45) is 0 Å². The molecule has 0 atom stereocenters. The molecule has 1 amide bonds. The van der Waals surface area contributed by atoms with Gasteiger partial charge >= 0.3 is 5.63 Å². The second-order valence-electron chi connectivity index (χ2n) is 6.25. The van der Waals surface area contributed by atoms with Crippen LogP contribution in [0.2, 0.25) is 0 Å². The zero-order chi connectivity index (χ0) is 19.8. The van der Waals surface area contributed by atoms with Crippen LogP contribution in [0.4, 0.5) is 5.13 Å². The number of hydrogen-bond acceptors (Lipinski definition) is 7. The molecule has 0 aliphatic heterocycles. The quantitative estimate of drug-likeness (QED) is 0.361. The van der Waals surface area contributed by atoms with E-state index in [9.17, 15) is 9.59 Å². The van der Waals surface area contributed by atoms with Crippen molar-refractivity contribution in [2.75, 3.05) is 5.32 Å². The number of aromatic nitrogens is 3. The minimum Gasteiger partial charge on any atom is -0.422 e. The van der Waals surface area contributed by atoms with Crippen molar-refractivity contribution < 1.29 is 9.21 Å². The minimum atomic E-state index is -0.704. The maximum atomic E-state index is 12.7.